The summed E-state index contributed by atoms with van der Waals surface area (Å²) in [5.74, 6) is 0.748. The number of anilines is 3. The van der Waals surface area contributed by atoms with Crippen LogP contribution in [0, 0.1) is 0 Å². The van der Waals surface area contributed by atoms with Crippen LogP contribution in [0.15, 0.2) is 40.9 Å². The van der Waals surface area contributed by atoms with E-state index >= 15 is 0 Å². The molecular weight excluding hydrogens is 304 g/mol. The number of hydrogen-bond donors (Lipinski definition) is 2. The Hall–Kier alpha value is -1.68. The Balaban J connectivity index is 2.33. The van der Waals surface area contributed by atoms with Crippen molar-refractivity contribution in [1.29, 1.82) is 0 Å². The number of nitrogen functional groups attached to an aromatic ring is 1. The van der Waals surface area contributed by atoms with Crippen LogP contribution < -0.4 is 15.8 Å². The van der Waals surface area contributed by atoms with E-state index in [0.717, 1.165) is 28.0 Å². The second-order valence-corrected chi connectivity index (χ2v) is 5.19. The van der Waals surface area contributed by atoms with Crippen molar-refractivity contribution in [2.24, 2.45) is 0 Å². The van der Waals surface area contributed by atoms with Crippen LogP contribution in [-0.4, -0.2) is 7.11 Å². The fraction of sp³-hybridized carbons (Fsp3) is 0.200. The summed E-state index contributed by atoms with van der Waals surface area (Å²) in [5.41, 5.74) is 9.79. The number of aryl methyl sites for hydroxylation is 1. The highest BCUT2D eigenvalue weighted by molar-refractivity contribution is 9.10. The smallest absolute Gasteiger partial charge is 0.122 e. The third-order valence-corrected chi connectivity index (χ3v) is 3.39. The lowest BCUT2D eigenvalue weighted by molar-refractivity contribution is 0.415. The summed E-state index contributed by atoms with van der Waals surface area (Å²) in [4.78, 5) is 0. The maximum atomic E-state index is 5.86. The molecule has 0 aliphatic heterocycles. The molecule has 3 N–H and O–H groups in total. The van der Waals surface area contributed by atoms with E-state index in [2.05, 4.69) is 40.3 Å². The van der Waals surface area contributed by atoms with Crippen LogP contribution in [0.2, 0.25) is 0 Å². The van der Waals surface area contributed by atoms with E-state index in [4.69, 9.17) is 10.5 Å². The largest absolute Gasteiger partial charge is 0.497 e. The molecule has 100 valence electrons. The first-order valence-electron chi connectivity index (χ1n) is 6.12. The van der Waals surface area contributed by atoms with Gasteiger partial charge in [-0.1, -0.05) is 22.9 Å². The van der Waals surface area contributed by atoms with Crippen molar-refractivity contribution in [3.8, 4) is 5.75 Å². The van der Waals surface area contributed by atoms with E-state index in [0.29, 0.717) is 5.69 Å². The topological polar surface area (TPSA) is 47.3 Å². The molecule has 0 radical (unpaired) electrons. The Labute approximate surface area is 121 Å². The lowest BCUT2D eigenvalue weighted by Crippen LogP contribution is -1.97. The first-order valence-corrected chi connectivity index (χ1v) is 6.91. The van der Waals surface area contributed by atoms with Gasteiger partial charge in [-0.2, -0.15) is 0 Å². The molecule has 0 amide bonds. The van der Waals surface area contributed by atoms with Crippen LogP contribution in [0.5, 0.6) is 5.75 Å². The molecule has 0 aliphatic rings. The zero-order valence-corrected chi connectivity index (χ0v) is 12.6. The van der Waals surface area contributed by atoms with E-state index in [1.165, 1.54) is 5.56 Å². The Kier molecular flexibility index (Phi) is 4.32. The molecule has 0 bridgehead atoms. The van der Waals surface area contributed by atoms with Gasteiger partial charge in [0.25, 0.3) is 0 Å². The molecule has 19 heavy (non-hydrogen) atoms. The number of nitrogens with one attached hydrogen (secondary N) is 1. The fourth-order valence-electron chi connectivity index (χ4n) is 1.94. The van der Waals surface area contributed by atoms with Gasteiger partial charge in [-0.3, -0.25) is 0 Å². The number of benzene rings is 2. The van der Waals surface area contributed by atoms with E-state index < -0.39 is 0 Å². The van der Waals surface area contributed by atoms with E-state index in [1.807, 2.05) is 18.2 Å². The molecule has 0 atom stereocenters. The summed E-state index contributed by atoms with van der Waals surface area (Å²) in [7, 11) is 1.63. The van der Waals surface area contributed by atoms with Gasteiger partial charge in [0.15, 0.2) is 0 Å². The summed E-state index contributed by atoms with van der Waals surface area (Å²) in [5, 5.41) is 3.39. The van der Waals surface area contributed by atoms with Crippen LogP contribution in [0.3, 0.4) is 0 Å². The van der Waals surface area contributed by atoms with Gasteiger partial charge in [0.05, 0.1) is 7.11 Å². The summed E-state index contributed by atoms with van der Waals surface area (Å²) >= 11 is 3.49. The van der Waals surface area contributed by atoms with Crippen molar-refractivity contribution < 1.29 is 4.74 Å². The minimum atomic E-state index is 0.678. The number of nitrogens with two attached hydrogens (primary N) is 1. The second-order valence-electron chi connectivity index (χ2n) is 4.27. The van der Waals surface area contributed by atoms with Gasteiger partial charge < -0.3 is 15.8 Å². The predicted molar refractivity (Wildman–Crippen MR) is 84.2 cm³/mol. The lowest BCUT2D eigenvalue weighted by atomic mass is 10.1. The summed E-state index contributed by atoms with van der Waals surface area (Å²) in [6.07, 6.45) is 0.960. The molecule has 3 nitrogen and oxygen atoms in total. The summed E-state index contributed by atoms with van der Waals surface area (Å²) in [6, 6.07) is 11.8. The second kappa shape index (κ2) is 5.97. The molecule has 0 aliphatic carbocycles. The molecule has 2 rings (SSSR count). The monoisotopic (exact) mass is 320 g/mol. The molecule has 0 saturated heterocycles. The molecule has 4 heteroatoms. The normalized spacial score (nSPS) is 10.3. The Morgan fingerprint density at radius 2 is 2.00 bits per heavy atom. The quantitative estimate of drug-likeness (QED) is 0.823. The number of ether oxygens (including phenoxy) is 1. The van der Waals surface area contributed by atoms with Crippen molar-refractivity contribution >= 4 is 33.0 Å². The highest BCUT2D eigenvalue weighted by Crippen LogP contribution is 2.28. The van der Waals surface area contributed by atoms with E-state index in [9.17, 15) is 0 Å². The van der Waals surface area contributed by atoms with Crippen LogP contribution in [0.4, 0.5) is 17.1 Å². The minimum absolute atomic E-state index is 0.678. The molecule has 2 aromatic rings. The van der Waals surface area contributed by atoms with Gasteiger partial charge in [-0.25, -0.2) is 0 Å². The van der Waals surface area contributed by atoms with Crippen LogP contribution >= 0.6 is 15.9 Å². The van der Waals surface area contributed by atoms with Crippen molar-refractivity contribution in [3.05, 3.63) is 46.4 Å². The first-order chi connectivity index (χ1) is 9.12. The molecule has 0 unspecified atom stereocenters. The highest BCUT2D eigenvalue weighted by atomic mass is 79.9. The number of hydrogen-bond acceptors (Lipinski definition) is 3. The average Bonchev–Trinajstić information content (AvgIpc) is 2.40. The standard InChI is InChI=1S/C15H17BrN2O/c1-3-10-6-11(16)4-5-15(10)18-13-7-12(17)8-14(9-13)19-2/h4-9,18H,3,17H2,1-2H3. The van der Waals surface area contributed by atoms with Gasteiger partial charge in [-0.05, 0) is 36.2 Å². The van der Waals surface area contributed by atoms with Crippen molar-refractivity contribution in [1.82, 2.24) is 0 Å². The fourth-order valence-corrected chi connectivity index (χ4v) is 2.35. The summed E-state index contributed by atoms with van der Waals surface area (Å²) in [6.45, 7) is 2.13. The Morgan fingerprint density at radius 1 is 1.21 bits per heavy atom. The number of halogens is 1. The van der Waals surface area contributed by atoms with Crippen molar-refractivity contribution in [2.75, 3.05) is 18.2 Å². The predicted octanol–water partition coefficient (Wildman–Crippen LogP) is 4.35. The van der Waals surface area contributed by atoms with Gasteiger partial charge in [-0.15, -0.1) is 0 Å². The van der Waals surface area contributed by atoms with Crippen LogP contribution in [0.25, 0.3) is 0 Å². The first kappa shape index (κ1) is 13.7. The zero-order valence-electron chi connectivity index (χ0n) is 11.0. The van der Waals surface area contributed by atoms with Gasteiger partial charge in [0.2, 0.25) is 0 Å². The maximum Gasteiger partial charge on any atom is 0.122 e. The maximum absolute atomic E-state index is 5.86. The van der Waals surface area contributed by atoms with Crippen molar-refractivity contribution in [3.63, 3.8) is 0 Å². The van der Waals surface area contributed by atoms with Gasteiger partial charge in [0, 0.05) is 33.7 Å². The number of methoxy groups -OCH3 is 1. The molecule has 0 saturated carbocycles. The van der Waals surface area contributed by atoms with Gasteiger partial charge >= 0.3 is 0 Å². The molecule has 0 spiro atoms. The highest BCUT2D eigenvalue weighted by Gasteiger charge is 2.04. The van der Waals surface area contributed by atoms with E-state index in [-0.39, 0.29) is 0 Å². The third kappa shape index (κ3) is 3.41. The SMILES string of the molecule is CCc1cc(Br)ccc1Nc1cc(N)cc(OC)c1. The summed E-state index contributed by atoms with van der Waals surface area (Å²) < 4.78 is 6.30. The Morgan fingerprint density at radius 3 is 2.68 bits per heavy atom. The molecular formula is C15H17BrN2O. The van der Waals surface area contributed by atoms with Crippen molar-refractivity contribution in [2.45, 2.75) is 13.3 Å². The van der Waals surface area contributed by atoms with E-state index in [1.54, 1.807) is 13.2 Å². The minimum Gasteiger partial charge on any atom is -0.497 e. The molecule has 0 fully saturated rings. The van der Waals surface area contributed by atoms with Gasteiger partial charge in [0.1, 0.15) is 5.75 Å². The van der Waals surface area contributed by atoms with Crippen LogP contribution in [0.1, 0.15) is 12.5 Å². The Bertz CT molecular complexity index is 584. The lowest BCUT2D eigenvalue weighted by Gasteiger charge is -2.13. The van der Waals surface area contributed by atoms with Crippen LogP contribution in [-0.2, 0) is 6.42 Å². The molecule has 0 aromatic heterocycles. The average molecular weight is 321 g/mol. The number of rotatable bonds is 4. The molecule has 2 aromatic carbocycles. The third-order valence-electron chi connectivity index (χ3n) is 2.89. The molecule has 0 heterocycles. The zero-order chi connectivity index (χ0) is 13.8.